The summed E-state index contributed by atoms with van der Waals surface area (Å²) in [5.74, 6) is -0.664. The molecule has 0 saturated heterocycles. The molecule has 0 fully saturated rings. The van der Waals surface area contributed by atoms with Crippen LogP contribution in [-0.2, 0) is 9.53 Å². The van der Waals surface area contributed by atoms with Crippen LogP contribution in [0.4, 0.5) is 4.39 Å². The summed E-state index contributed by atoms with van der Waals surface area (Å²) in [5.41, 5.74) is 1.09. The molecular formula is C18H15FO4. The molecule has 0 aromatic heterocycles. The molecule has 2 aromatic rings. The summed E-state index contributed by atoms with van der Waals surface area (Å²) < 4.78 is 22.6. The molecule has 0 aliphatic rings. The lowest BCUT2D eigenvalue weighted by Crippen LogP contribution is -2.12. The zero-order valence-corrected chi connectivity index (χ0v) is 12.5. The van der Waals surface area contributed by atoms with Crippen LogP contribution in [0.15, 0.2) is 54.6 Å². The minimum atomic E-state index is -0.642. The van der Waals surface area contributed by atoms with Crippen molar-refractivity contribution in [3.05, 3.63) is 71.6 Å². The minimum absolute atomic E-state index is 0.309. The second kappa shape index (κ2) is 7.89. The van der Waals surface area contributed by atoms with Crippen molar-refractivity contribution in [1.82, 2.24) is 0 Å². The molecule has 4 nitrogen and oxygen atoms in total. The van der Waals surface area contributed by atoms with E-state index in [0.29, 0.717) is 16.9 Å². The molecule has 0 amide bonds. The number of carbonyl (C=O) groups is 2. The Labute approximate surface area is 133 Å². The Bertz CT molecular complexity index is 703. The van der Waals surface area contributed by atoms with E-state index in [1.165, 1.54) is 43.5 Å². The fourth-order valence-electron chi connectivity index (χ4n) is 1.78. The van der Waals surface area contributed by atoms with Crippen molar-refractivity contribution in [3.63, 3.8) is 0 Å². The summed E-state index contributed by atoms with van der Waals surface area (Å²) >= 11 is 0. The normalized spacial score (nSPS) is 10.5. The third-order valence-electron chi connectivity index (χ3n) is 3.04. The Hall–Kier alpha value is -2.95. The standard InChI is InChI=1S/C18H15FO4/c1-22-16-9-5-14(6-10-16)17(20)12-23-18(21)11-4-13-2-7-15(19)8-3-13/h2-11H,12H2,1H3/b11-4+. The Kier molecular flexibility index (Phi) is 5.63. The largest absolute Gasteiger partial charge is 0.497 e. The highest BCUT2D eigenvalue weighted by molar-refractivity contribution is 5.99. The Morgan fingerprint density at radius 2 is 1.70 bits per heavy atom. The Morgan fingerprint density at radius 1 is 1.04 bits per heavy atom. The topological polar surface area (TPSA) is 52.6 Å². The zero-order valence-electron chi connectivity index (χ0n) is 12.5. The van der Waals surface area contributed by atoms with Gasteiger partial charge in [-0.3, -0.25) is 4.79 Å². The van der Waals surface area contributed by atoms with Gasteiger partial charge in [-0.25, -0.2) is 9.18 Å². The fourth-order valence-corrected chi connectivity index (χ4v) is 1.78. The van der Waals surface area contributed by atoms with Gasteiger partial charge in [-0.15, -0.1) is 0 Å². The Balaban J connectivity index is 1.85. The second-order valence-corrected chi connectivity index (χ2v) is 4.64. The highest BCUT2D eigenvalue weighted by Gasteiger charge is 2.08. The maximum Gasteiger partial charge on any atom is 0.331 e. The van der Waals surface area contributed by atoms with Gasteiger partial charge in [0.1, 0.15) is 11.6 Å². The Morgan fingerprint density at radius 3 is 2.30 bits per heavy atom. The van der Waals surface area contributed by atoms with Crippen LogP contribution >= 0.6 is 0 Å². The van der Waals surface area contributed by atoms with Gasteiger partial charge in [-0.2, -0.15) is 0 Å². The van der Waals surface area contributed by atoms with E-state index in [1.54, 1.807) is 24.3 Å². The minimum Gasteiger partial charge on any atom is -0.497 e. The first-order valence-electron chi connectivity index (χ1n) is 6.86. The number of Topliss-reactive ketones (excluding diaryl/α,β-unsaturated/α-hetero) is 1. The molecule has 0 aliphatic heterocycles. The number of methoxy groups -OCH3 is 1. The number of benzene rings is 2. The summed E-state index contributed by atoms with van der Waals surface area (Å²) in [6.45, 7) is -0.348. The summed E-state index contributed by atoms with van der Waals surface area (Å²) in [5, 5.41) is 0. The first-order valence-corrected chi connectivity index (χ1v) is 6.86. The molecule has 0 bridgehead atoms. The predicted octanol–water partition coefficient (Wildman–Crippen LogP) is 3.27. The van der Waals surface area contributed by atoms with Crippen molar-refractivity contribution in [3.8, 4) is 5.75 Å². The highest BCUT2D eigenvalue weighted by Crippen LogP contribution is 2.12. The van der Waals surface area contributed by atoms with Crippen LogP contribution < -0.4 is 4.74 Å². The highest BCUT2D eigenvalue weighted by atomic mass is 19.1. The van der Waals surface area contributed by atoms with Crippen molar-refractivity contribution < 1.29 is 23.5 Å². The number of hydrogen-bond donors (Lipinski definition) is 0. The van der Waals surface area contributed by atoms with E-state index in [-0.39, 0.29) is 18.2 Å². The van der Waals surface area contributed by atoms with Gasteiger partial charge in [0, 0.05) is 11.6 Å². The van der Waals surface area contributed by atoms with E-state index in [4.69, 9.17) is 9.47 Å². The van der Waals surface area contributed by atoms with Crippen LogP contribution in [-0.4, -0.2) is 25.5 Å². The van der Waals surface area contributed by atoms with Crippen molar-refractivity contribution in [2.75, 3.05) is 13.7 Å². The van der Waals surface area contributed by atoms with Crippen LogP contribution in [0.2, 0.25) is 0 Å². The van der Waals surface area contributed by atoms with Crippen LogP contribution in [0.5, 0.6) is 5.75 Å². The van der Waals surface area contributed by atoms with E-state index < -0.39 is 5.97 Å². The molecule has 0 N–H and O–H groups in total. The van der Waals surface area contributed by atoms with Crippen LogP contribution in [0.1, 0.15) is 15.9 Å². The summed E-state index contributed by atoms with van der Waals surface area (Å²) in [6, 6.07) is 12.2. The number of carbonyl (C=O) groups excluding carboxylic acids is 2. The monoisotopic (exact) mass is 314 g/mol. The lowest BCUT2D eigenvalue weighted by atomic mass is 10.1. The molecular weight excluding hydrogens is 299 g/mol. The maximum absolute atomic E-state index is 12.7. The maximum atomic E-state index is 12.7. The average Bonchev–Trinajstić information content (AvgIpc) is 2.59. The molecule has 2 aromatic carbocycles. The van der Waals surface area contributed by atoms with E-state index in [2.05, 4.69) is 0 Å². The molecule has 23 heavy (non-hydrogen) atoms. The van der Waals surface area contributed by atoms with Gasteiger partial charge in [0.15, 0.2) is 12.4 Å². The molecule has 0 saturated carbocycles. The first kappa shape index (κ1) is 16.4. The van der Waals surface area contributed by atoms with Crippen LogP contribution in [0.25, 0.3) is 6.08 Å². The van der Waals surface area contributed by atoms with Crippen molar-refractivity contribution in [2.45, 2.75) is 0 Å². The average molecular weight is 314 g/mol. The van der Waals surface area contributed by atoms with E-state index in [9.17, 15) is 14.0 Å². The molecule has 0 heterocycles. The van der Waals surface area contributed by atoms with Gasteiger partial charge >= 0.3 is 5.97 Å². The SMILES string of the molecule is COc1ccc(C(=O)COC(=O)/C=C/c2ccc(F)cc2)cc1. The van der Waals surface area contributed by atoms with Gasteiger partial charge < -0.3 is 9.47 Å². The predicted molar refractivity (Wildman–Crippen MR) is 83.7 cm³/mol. The van der Waals surface area contributed by atoms with Crippen LogP contribution in [0.3, 0.4) is 0 Å². The van der Waals surface area contributed by atoms with E-state index in [1.807, 2.05) is 0 Å². The molecule has 5 heteroatoms. The fraction of sp³-hybridized carbons (Fsp3) is 0.111. The molecule has 0 atom stereocenters. The molecule has 0 spiro atoms. The van der Waals surface area contributed by atoms with Crippen molar-refractivity contribution >= 4 is 17.8 Å². The van der Waals surface area contributed by atoms with Crippen LogP contribution in [0, 0.1) is 5.82 Å². The number of ether oxygens (including phenoxy) is 2. The van der Waals surface area contributed by atoms with Crippen molar-refractivity contribution in [2.24, 2.45) is 0 Å². The molecule has 118 valence electrons. The number of hydrogen-bond acceptors (Lipinski definition) is 4. The van der Waals surface area contributed by atoms with Gasteiger partial charge in [0.2, 0.25) is 0 Å². The zero-order chi connectivity index (χ0) is 16.7. The smallest absolute Gasteiger partial charge is 0.331 e. The van der Waals surface area contributed by atoms with E-state index >= 15 is 0 Å². The lowest BCUT2D eigenvalue weighted by Gasteiger charge is -2.03. The molecule has 0 aliphatic carbocycles. The van der Waals surface area contributed by atoms with Gasteiger partial charge in [-0.05, 0) is 48.0 Å². The lowest BCUT2D eigenvalue weighted by molar-refractivity contribution is -0.136. The summed E-state index contributed by atoms with van der Waals surface area (Å²) in [6.07, 6.45) is 2.67. The summed E-state index contributed by atoms with van der Waals surface area (Å²) in [7, 11) is 1.53. The third-order valence-corrected chi connectivity index (χ3v) is 3.04. The quantitative estimate of drug-likeness (QED) is 0.466. The first-order chi connectivity index (χ1) is 11.1. The number of rotatable bonds is 6. The molecule has 0 radical (unpaired) electrons. The summed E-state index contributed by atoms with van der Waals surface area (Å²) in [4.78, 5) is 23.4. The number of esters is 1. The molecule has 0 unspecified atom stereocenters. The van der Waals surface area contributed by atoms with Gasteiger partial charge in [0.05, 0.1) is 7.11 Å². The number of halogens is 1. The molecule has 2 rings (SSSR count). The van der Waals surface area contributed by atoms with E-state index in [0.717, 1.165) is 0 Å². The third kappa shape index (κ3) is 5.07. The van der Waals surface area contributed by atoms with Gasteiger partial charge in [0.25, 0.3) is 0 Å². The second-order valence-electron chi connectivity index (χ2n) is 4.64. The van der Waals surface area contributed by atoms with Crippen molar-refractivity contribution in [1.29, 1.82) is 0 Å². The number of ketones is 1. The van der Waals surface area contributed by atoms with Gasteiger partial charge in [-0.1, -0.05) is 12.1 Å².